The fourth-order valence-corrected chi connectivity index (χ4v) is 2.43. The van der Waals surface area contributed by atoms with E-state index in [-0.39, 0.29) is 47.6 Å². The molecule has 8 heteroatoms. The maximum atomic E-state index is 12.4. The molecule has 1 aromatic heterocycles. The van der Waals surface area contributed by atoms with Gasteiger partial charge in [0.2, 0.25) is 0 Å². The van der Waals surface area contributed by atoms with E-state index in [9.17, 15) is 8.78 Å². The predicted molar refractivity (Wildman–Crippen MR) is 99.1 cm³/mol. The summed E-state index contributed by atoms with van der Waals surface area (Å²) >= 11 is 0. The van der Waals surface area contributed by atoms with Gasteiger partial charge in [-0.25, -0.2) is 9.98 Å². The Kier molecular flexibility index (Phi) is 6.29. The first-order valence-electron chi connectivity index (χ1n) is 7.18. The summed E-state index contributed by atoms with van der Waals surface area (Å²) in [5, 5.41) is 2.90. The average Bonchev–Trinajstić information content (AvgIpc) is 3.27. The molecule has 0 unspecified atom stereocenters. The highest BCUT2D eigenvalue weighted by Crippen LogP contribution is 2.47. The van der Waals surface area contributed by atoms with Crippen LogP contribution in [0.15, 0.2) is 53.7 Å². The minimum atomic E-state index is -2.84. The van der Waals surface area contributed by atoms with Crippen LogP contribution in [0.5, 0.6) is 5.75 Å². The lowest BCUT2D eigenvalue weighted by Gasteiger charge is -2.09. The van der Waals surface area contributed by atoms with E-state index >= 15 is 0 Å². The fourth-order valence-electron chi connectivity index (χ4n) is 2.43. The second-order valence-corrected chi connectivity index (χ2v) is 5.18. The highest BCUT2D eigenvalue weighted by molar-refractivity contribution is 14.0. The number of nitrogens with zero attached hydrogens (tertiary/aromatic N) is 2. The largest absolute Gasteiger partial charge is 0.435 e. The van der Waals surface area contributed by atoms with Crippen molar-refractivity contribution in [1.29, 1.82) is 0 Å². The summed E-state index contributed by atoms with van der Waals surface area (Å²) in [4.78, 5) is 8.46. The molecule has 5 nitrogen and oxygen atoms in total. The molecule has 128 valence electrons. The Labute approximate surface area is 155 Å². The highest BCUT2D eigenvalue weighted by atomic mass is 127. The van der Waals surface area contributed by atoms with Crippen LogP contribution in [-0.4, -0.2) is 23.6 Å². The Balaban J connectivity index is 0.00000208. The van der Waals surface area contributed by atoms with Gasteiger partial charge in [-0.1, -0.05) is 24.3 Å². The maximum absolute atomic E-state index is 12.4. The molecule has 1 aliphatic rings. The van der Waals surface area contributed by atoms with E-state index in [2.05, 4.69) is 20.0 Å². The van der Waals surface area contributed by atoms with Crippen molar-refractivity contribution < 1.29 is 13.5 Å². The summed E-state index contributed by atoms with van der Waals surface area (Å²) in [5.41, 5.74) is 6.58. The van der Waals surface area contributed by atoms with E-state index in [0.29, 0.717) is 5.82 Å². The van der Waals surface area contributed by atoms with Gasteiger partial charge in [-0.05, 0) is 30.2 Å². The number of guanidine groups is 1. The molecule has 0 saturated heterocycles. The van der Waals surface area contributed by atoms with Crippen molar-refractivity contribution in [3.63, 3.8) is 0 Å². The van der Waals surface area contributed by atoms with Crippen LogP contribution >= 0.6 is 24.0 Å². The Bertz CT molecular complexity index is 699. The SMILES string of the molecule is I.NC(=N[C@H]1C[C@@H]1c1ccccc1OC(F)F)Nc1ccccn1. The van der Waals surface area contributed by atoms with E-state index < -0.39 is 6.61 Å². The highest BCUT2D eigenvalue weighted by Gasteiger charge is 2.40. The molecule has 24 heavy (non-hydrogen) atoms. The number of aliphatic imine (C=N–C) groups is 1. The Morgan fingerprint density at radius 1 is 1.25 bits per heavy atom. The summed E-state index contributed by atoms with van der Waals surface area (Å²) in [6.45, 7) is -2.84. The number of para-hydroxylation sites is 1. The lowest BCUT2D eigenvalue weighted by Crippen LogP contribution is -2.23. The van der Waals surface area contributed by atoms with E-state index in [1.165, 1.54) is 6.07 Å². The first-order valence-corrected chi connectivity index (χ1v) is 7.18. The zero-order valence-corrected chi connectivity index (χ0v) is 14.9. The van der Waals surface area contributed by atoms with Crippen LogP contribution in [0, 0.1) is 0 Å². The number of rotatable bonds is 5. The van der Waals surface area contributed by atoms with E-state index in [0.717, 1.165) is 12.0 Å². The molecular weight excluding hydrogens is 429 g/mol. The number of hydrogen-bond acceptors (Lipinski definition) is 3. The van der Waals surface area contributed by atoms with Crippen molar-refractivity contribution in [2.75, 3.05) is 5.32 Å². The van der Waals surface area contributed by atoms with Gasteiger partial charge in [0.15, 0.2) is 5.96 Å². The van der Waals surface area contributed by atoms with Crippen LogP contribution in [0.25, 0.3) is 0 Å². The summed E-state index contributed by atoms with van der Waals surface area (Å²) in [6, 6.07) is 12.1. The quantitative estimate of drug-likeness (QED) is 0.419. The smallest absolute Gasteiger partial charge is 0.387 e. The maximum Gasteiger partial charge on any atom is 0.387 e. The molecule has 1 aromatic carbocycles. The lowest BCUT2D eigenvalue weighted by molar-refractivity contribution is -0.0504. The third-order valence-corrected chi connectivity index (χ3v) is 3.52. The van der Waals surface area contributed by atoms with E-state index in [1.807, 2.05) is 6.07 Å². The van der Waals surface area contributed by atoms with Crippen molar-refractivity contribution in [3.05, 3.63) is 54.2 Å². The molecular formula is C16H17F2IN4O. The Hall–Kier alpha value is -1.97. The molecule has 1 saturated carbocycles. The number of aromatic nitrogens is 1. The third-order valence-electron chi connectivity index (χ3n) is 3.52. The van der Waals surface area contributed by atoms with Crippen molar-refractivity contribution in [2.45, 2.75) is 25.0 Å². The van der Waals surface area contributed by atoms with Gasteiger partial charge in [0.1, 0.15) is 11.6 Å². The van der Waals surface area contributed by atoms with Crippen LogP contribution in [-0.2, 0) is 0 Å². The van der Waals surface area contributed by atoms with Crippen LogP contribution in [0.4, 0.5) is 14.6 Å². The second-order valence-electron chi connectivity index (χ2n) is 5.18. The van der Waals surface area contributed by atoms with Gasteiger partial charge in [0, 0.05) is 12.1 Å². The molecule has 0 spiro atoms. The third kappa shape index (κ3) is 4.76. The number of benzene rings is 1. The van der Waals surface area contributed by atoms with Gasteiger partial charge in [-0.2, -0.15) is 8.78 Å². The lowest BCUT2D eigenvalue weighted by atomic mass is 10.1. The summed E-state index contributed by atoms with van der Waals surface area (Å²) in [6.07, 6.45) is 2.39. The van der Waals surface area contributed by atoms with Gasteiger partial charge >= 0.3 is 6.61 Å². The van der Waals surface area contributed by atoms with Gasteiger partial charge < -0.3 is 15.8 Å². The molecule has 0 aliphatic heterocycles. The molecule has 3 rings (SSSR count). The van der Waals surface area contributed by atoms with E-state index in [4.69, 9.17) is 5.73 Å². The summed E-state index contributed by atoms with van der Waals surface area (Å²) in [5.74, 6) is 1.09. The second kappa shape index (κ2) is 8.22. The van der Waals surface area contributed by atoms with Gasteiger partial charge in [0.05, 0.1) is 6.04 Å². The summed E-state index contributed by atoms with van der Waals surface area (Å²) < 4.78 is 29.5. The molecule has 0 radical (unpaired) electrons. The van der Waals surface area contributed by atoms with Crippen molar-refractivity contribution in [2.24, 2.45) is 10.7 Å². The number of nitrogens with one attached hydrogen (secondary N) is 1. The average molecular weight is 446 g/mol. The van der Waals surface area contributed by atoms with Crippen LogP contribution in [0.3, 0.4) is 0 Å². The number of alkyl halides is 2. The number of hydrogen-bond donors (Lipinski definition) is 2. The minimum absolute atomic E-state index is 0. The topological polar surface area (TPSA) is 72.5 Å². The molecule has 2 aromatic rings. The monoisotopic (exact) mass is 446 g/mol. The predicted octanol–water partition coefficient (Wildman–Crippen LogP) is 3.58. The normalized spacial score (nSPS) is 19.5. The Morgan fingerprint density at radius 3 is 2.71 bits per heavy atom. The van der Waals surface area contributed by atoms with Gasteiger partial charge in [0.25, 0.3) is 0 Å². The molecule has 1 aliphatic carbocycles. The fraction of sp³-hybridized carbons (Fsp3) is 0.250. The molecule has 1 heterocycles. The molecule has 0 amide bonds. The minimum Gasteiger partial charge on any atom is -0.435 e. The van der Waals surface area contributed by atoms with Gasteiger partial charge in [-0.3, -0.25) is 0 Å². The molecule has 2 atom stereocenters. The van der Waals surface area contributed by atoms with Crippen molar-refractivity contribution >= 4 is 35.8 Å². The standard InChI is InChI=1S/C16H16F2N4O.HI/c17-15(18)23-13-6-2-1-5-10(13)11-9-12(11)21-16(19)22-14-7-3-4-8-20-14;/h1-8,11-12,15H,9H2,(H3,19,20,21,22);1H/t11-,12+;/m1./s1. The first kappa shape index (κ1) is 18.4. The molecule has 3 N–H and O–H groups in total. The van der Waals surface area contributed by atoms with Crippen molar-refractivity contribution in [1.82, 2.24) is 4.98 Å². The summed E-state index contributed by atoms with van der Waals surface area (Å²) in [7, 11) is 0. The number of anilines is 1. The zero-order valence-electron chi connectivity index (χ0n) is 12.6. The zero-order chi connectivity index (χ0) is 16.2. The number of pyridine rings is 1. The Morgan fingerprint density at radius 2 is 2.00 bits per heavy atom. The molecule has 0 bridgehead atoms. The van der Waals surface area contributed by atoms with Gasteiger partial charge in [-0.15, -0.1) is 24.0 Å². The van der Waals surface area contributed by atoms with Crippen LogP contribution in [0.1, 0.15) is 17.9 Å². The number of ether oxygens (including phenoxy) is 1. The van der Waals surface area contributed by atoms with Crippen LogP contribution in [0.2, 0.25) is 0 Å². The first-order chi connectivity index (χ1) is 11.1. The number of nitrogens with two attached hydrogens (primary N) is 1. The molecule has 1 fully saturated rings. The van der Waals surface area contributed by atoms with Crippen molar-refractivity contribution in [3.8, 4) is 5.75 Å². The van der Waals surface area contributed by atoms with E-state index in [1.54, 1.807) is 36.5 Å². The number of halogens is 3. The van der Waals surface area contributed by atoms with Crippen LogP contribution < -0.4 is 15.8 Å².